The third-order valence-electron chi connectivity index (χ3n) is 4.47. The van der Waals surface area contributed by atoms with E-state index in [-0.39, 0.29) is 23.3 Å². The molecule has 0 unspecified atom stereocenters. The summed E-state index contributed by atoms with van der Waals surface area (Å²) in [6, 6.07) is 21.7. The number of amides is 1. The summed E-state index contributed by atoms with van der Waals surface area (Å²) in [7, 11) is 0. The fourth-order valence-corrected chi connectivity index (χ4v) is 4.57. The molecule has 2 heterocycles. The van der Waals surface area contributed by atoms with Crippen LogP contribution >= 0.6 is 23.1 Å². The van der Waals surface area contributed by atoms with Crippen LogP contribution in [0.25, 0.3) is 10.2 Å². The normalized spacial score (nSPS) is 12.0. The van der Waals surface area contributed by atoms with Gasteiger partial charge < -0.3 is 10.3 Å². The van der Waals surface area contributed by atoms with Crippen molar-refractivity contribution in [2.45, 2.75) is 17.6 Å². The number of benzene rings is 2. The second kappa shape index (κ2) is 9.07. The zero-order chi connectivity index (χ0) is 20.1. The van der Waals surface area contributed by atoms with E-state index in [4.69, 9.17) is 0 Å². The molecule has 0 aliphatic rings. The third kappa shape index (κ3) is 4.93. The van der Waals surface area contributed by atoms with E-state index >= 15 is 0 Å². The Kier molecular flexibility index (Phi) is 6.07. The quantitative estimate of drug-likeness (QED) is 0.347. The van der Waals surface area contributed by atoms with Crippen LogP contribution in [0.5, 0.6) is 0 Å². The molecule has 0 aliphatic heterocycles. The summed E-state index contributed by atoms with van der Waals surface area (Å²) in [5.74, 6) is 0.0755. The molecule has 4 aromatic rings. The van der Waals surface area contributed by atoms with Crippen molar-refractivity contribution in [2.75, 3.05) is 5.75 Å². The van der Waals surface area contributed by atoms with E-state index in [2.05, 4.69) is 27.4 Å². The Balaban J connectivity index is 1.45. The largest absolute Gasteiger partial charge is 0.348 e. The van der Waals surface area contributed by atoms with Crippen molar-refractivity contribution in [3.63, 3.8) is 0 Å². The molecule has 0 spiro atoms. The molecule has 2 N–H and O–H groups in total. The van der Waals surface area contributed by atoms with Crippen LogP contribution in [-0.4, -0.2) is 21.6 Å². The highest BCUT2D eigenvalue weighted by Gasteiger charge is 2.16. The van der Waals surface area contributed by atoms with Crippen LogP contribution in [-0.2, 0) is 11.2 Å². The Morgan fingerprint density at radius 3 is 2.55 bits per heavy atom. The monoisotopic (exact) mass is 421 g/mol. The molecule has 0 radical (unpaired) electrons. The molecule has 5 nitrogen and oxygen atoms in total. The van der Waals surface area contributed by atoms with Gasteiger partial charge in [0.2, 0.25) is 5.91 Å². The lowest BCUT2D eigenvalue weighted by Gasteiger charge is -2.19. The standard InChI is InChI=1S/C22H19N3O2S2/c26-19(14-29-22-24-20(27)17-11-12-28-21(17)25-22)23-18(16-9-5-2-6-10-16)13-15-7-3-1-4-8-15/h1-12,18H,13-14H2,(H,23,26)(H,24,25,27)/t18-/m1/s1. The van der Waals surface area contributed by atoms with Crippen LogP contribution in [0.4, 0.5) is 0 Å². The highest BCUT2D eigenvalue weighted by molar-refractivity contribution is 7.99. The van der Waals surface area contributed by atoms with E-state index in [0.717, 1.165) is 11.1 Å². The highest BCUT2D eigenvalue weighted by Crippen LogP contribution is 2.21. The molecule has 7 heteroatoms. The smallest absolute Gasteiger partial charge is 0.260 e. The molecule has 0 aliphatic carbocycles. The number of aromatic amines is 1. The van der Waals surface area contributed by atoms with E-state index in [1.165, 1.54) is 23.1 Å². The molecule has 29 heavy (non-hydrogen) atoms. The first-order valence-corrected chi connectivity index (χ1v) is 11.0. The lowest BCUT2D eigenvalue weighted by atomic mass is 9.99. The van der Waals surface area contributed by atoms with Crippen molar-refractivity contribution in [2.24, 2.45) is 0 Å². The molecular weight excluding hydrogens is 402 g/mol. The highest BCUT2D eigenvalue weighted by atomic mass is 32.2. The van der Waals surface area contributed by atoms with Crippen molar-refractivity contribution in [3.05, 3.63) is 93.6 Å². The van der Waals surface area contributed by atoms with Gasteiger partial charge in [-0.1, -0.05) is 72.4 Å². The fraction of sp³-hybridized carbons (Fsp3) is 0.136. The number of nitrogens with zero attached hydrogens (tertiary/aromatic N) is 1. The van der Waals surface area contributed by atoms with Gasteiger partial charge in [0.1, 0.15) is 4.83 Å². The summed E-state index contributed by atoms with van der Waals surface area (Å²) >= 11 is 2.65. The predicted molar refractivity (Wildman–Crippen MR) is 118 cm³/mol. The molecule has 146 valence electrons. The van der Waals surface area contributed by atoms with Crippen LogP contribution in [0, 0.1) is 0 Å². The second-order valence-electron chi connectivity index (χ2n) is 6.52. The van der Waals surface area contributed by atoms with Crippen LogP contribution in [0.15, 0.2) is 82.1 Å². The number of rotatable bonds is 7. The minimum atomic E-state index is -0.176. The number of aromatic nitrogens is 2. The number of H-pyrrole nitrogens is 1. The topological polar surface area (TPSA) is 74.8 Å². The van der Waals surface area contributed by atoms with Gasteiger partial charge in [0, 0.05) is 0 Å². The van der Waals surface area contributed by atoms with Gasteiger partial charge in [-0.05, 0) is 29.0 Å². The van der Waals surface area contributed by atoms with E-state index < -0.39 is 0 Å². The maximum atomic E-state index is 12.6. The summed E-state index contributed by atoms with van der Waals surface area (Å²) in [5.41, 5.74) is 2.04. The van der Waals surface area contributed by atoms with Gasteiger partial charge in [-0.15, -0.1) is 11.3 Å². The van der Waals surface area contributed by atoms with Crippen molar-refractivity contribution in [1.29, 1.82) is 0 Å². The van der Waals surface area contributed by atoms with Crippen molar-refractivity contribution >= 4 is 39.2 Å². The Labute approximate surface area is 176 Å². The molecule has 4 rings (SSSR count). The number of carbonyl (C=O) groups excluding carboxylic acids is 1. The van der Waals surface area contributed by atoms with E-state index in [1.54, 1.807) is 6.07 Å². The van der Waals surface area contributed by atoms with Gasteiger partial charge in [0.05, 0.1) is 17.2 Å². The first-order valence-electron chi connectivity index (χ1n) is 9.17. The van der Waals surface area contributed by atoms with Crippen molar-refractivity contribution in [3.8, 4) is 0 Å². The summed E-state index contributed by atoms with van der Waals surface area (Å²) < 4.78 is 0. The summed E-state index contributed by atoms with van der Waals surface area (Å²) in [5, 5.41) is 5.99. The molecule has 0 fully saturated rings. The number of hydrogen-bond acceptors (Lipinski definition) is 5. The predicted octanol–water partition coefficient (Wildman–Crippen LogP) is 4.18. The number of carbonyl (C=O) groups is 1. The molecular formula is C22H19N3O2S2. The maximum Gasteiger partial charge on any atom is 0.260 e. The summed E-state index contributed by atoms with van der Waals surface area (Å²) in [6.07, 6.45) is 0.706. The lowest BCUT2D eigenvalue weighted by molar-refractivity contribution is -0.119. The van der Waals surface area contributed by atoms with Gasteiger partial charge in [-0.3, -0.25) is 9.59 Å². The molecule has 2 aromatic heterocycles. The van der Waals surface area contributed by atoms with Crippen LogP contribution in [0.1, 0.15) is 17.2 Å². The van der Waals surface area contributed by atoms with Gasteiger partial charge in [0.15, 0.2) is 5.16 Å². The maximum absolute atomic E-state index is 12.6. The van der Waals surface area contributed by atoms with E-state index in [1.807, 2.05) is 53.9 Å². The minimum absolute atomic E-state index is 0.103. The second-order valence-corrected chi connectivity index (χ2v) is 8.38. The van der Waals surface area contributed by atoms with Crippen LogP contribution in [0.2, 0.25) is 0 Å². The fourth-order valence-electron chi connectivity index (χ4n) is 3.07. The van der Waals surface area contributed by atoms with Gasteiger partial charge >= 0.3 is 0 Å². The third-order valence-corrected chi connectivity index (χ3v) is 6.15. The van der Waals surface area contributed by atoms with Crippen molar-refractivity contribution < 1.29 is 4.79 Å². The van der Waals surface area contributed by atoms with Gasteiger partial charge in [0.25, 0.3) is 5.56 Å². The zero-order valence-electron chi connectivity index (χ0n) is 15.5. The van der Waals surface area contributed by atoms with Crippen LogP contribution < -0.4 is 10.9 Å². The summed E-state index contributed by atoms with van der Waals surface area (Å²) in [4.78, 5) is 32.6. The zero-order valence-corrected chi connectivity index (χ0v) is 17.1. The Morgan fingerprint density at radius 2 is 1.79 bits per heavy atom. The number of fused-ring (bicyclic) bond motifs is 1. The van der Waals surface area contributed by atoms with E-state index in [0.29, 0.717) is 21.8 Å². The molecule has 0 bridgehead atoms. The first kappa shape index (κ1) is 19.4. The SMILES string of the molecule is O=C(CSc1nc2sccc2c(=O)[nH]1)N[C@H](Cc1ccccc1)c1ccccc1. The Bertz CT molecular complexity index is 1160. The first-order chi connectivity index (χ1) is 14.2. The summed E-state index contributed by atoms with van der Waals surface area (Å²) in [6.45, 7) is 0. The molecule has 1 amide bonds. The average Bonchev–Trinajstić information content (AvgIpc) is 3.23. The lowest BCUT2D eigenvalue weighted by Crippen LogP contribution is -2.31. The minimum Gasteiger partial charge on any atom is -0.348 e. The number of thioether (sulfide) groups is 1. The Hall–Kier alpha value is -2.90. The van der Waals surface area contributed by atoms with Crippen molar-refractivity contribution in [1.82, 2.24) is 15.3 Å². The average molecular weight is 422 g/mol. The number of thiophene rings is 1. The Morgan fingerprint density at radius 1 is 1.07 bits per heavy atom. The number of nitrogens with one attached hydrogen (secondary N) is 2. The van der Waals surface area contributed by atoms with Crippen LogP contribution in [0.3, 0.4) is 0 Å². The molecule has 0 saturated heterocycles. The van der Waals surface area contributed by atoms with E-state index in [9.17, 15) is 9.59 Å². The molecule has 2 aromatic carbocycles. The number of hydrogen-bond donors (Lipinski definition) is 2. The van der Waals surface area contributed by atoms with Gasteiger partial charge in [-0.2, -0.15) is 0 Å². The van der Waals surface area contributed by atoms with Gasteiger partial charge in [-0.25, -0.2) is 4.98 Å². The molecule has 0 saturated carbocycles. The molecule has 1 atom stereocenters.